The van der Waals surface area contributed by atoms with E-state index < -0.39 is 0 Å². The first-order valence-corrected chi connectivity index (χ1v) is 9.66. The Morgan fingerprint density at radius 3 is 2.56 bits per heavy atom. The Bertz CT molecular complexity index is 943. The second kappa shape index (κ2) is 7.75. The zero-order chi connectivity index (χ0) is 18.8. The van der Waals surface area contributed by atoms with E-state index in [0.29, 0.717) is 37.7 Å². The number of aryl methyl sites for hydroxylation is 1. The summed E-state index contributed by atoms with van der Waals surface area (Å²) in [5, 5.41) is 1.89. The standard InChI is InChI=1S/C22H23ClN2O2/c1-24-15-20(18-4-2-3-5-21(18)24)19(16-6-8-17(23)9-7-16)14-22(26)25-10-12-27-13-11-25/h2-9,15,19H,10-14H2,1H3. The van der Waals surface area contributed by atoms with Gasteiger partial charge in [-0.15, -0.1) is 0 Å². The van der Waals surface area contributed by atoms with E-state index >= 15 is 0 Å². The molecule has 0 aliphatic carbocycles. The monoisotopic (exact) mass is 382 g/mol. The van der Waals surface area contributed by atoms with Crippen LogP contribution in [0.25, 0.3) is 10.9 Å². The molecule has 2 aromatic carbocycles. The zero-order valence-electron chi connectivity index (χ0n) is 15.4. The highest BCUT2D eigenvalue weighted by Crippen LogP contribution is 2.35. The van der Waals surface area contributed by atoms with Crippen LogP contribution in [-0.4, -0.2) is 41.7 Å². The Labute approximate surface area is 164 Å². The number of rotatable bonds is 4. The minimum absolute atomic E-state index is 0.0105. The number of carbonyl (C=O) groups excluding carboxylic acids is 1. The Balaban J connectivity index is 1.73. The molecular formula is C22H23ClN2O2. The maximum Gasteiger partial charge on any atom is 0.223 e. The van der Waals surface area contributed by atoms with Crippen molar-refractivity contribution in [3.63, 3.8) is 0 Å². The summed E-state index contributed by atoms with van der Waals surface area (Å²) in [5.41, 5.74) is 3.46. The molecule has 5 heteroatoms. The number of benzene rings is 2. The quantitative estimate of drug-likeness (QED) is 0.677. The number of fused-ring (bicyclic) bond motifs is 1. The van der Waals surface area contributed by atoms with Crippen molar-refractivity contribution < 1.29 is 9.53 Å². The van der Waals surface area contributed by atoms with Gasteiger partial charge in [-0.1, -0.05) is 41.9 Å². The molecule has 1 aliphatic heterocycles. The van der Waals surface area contributed by atoms with Gasteiger partial charge in [0.2, 0.25) is 5.91 Å². The predicted molar refractivity (Wildman–Crippen MR) is 108 cm³/mol. The van der Waals surface area contributed by atoms with Crippen molar-refractivity contribution >= 4 is 28.4 Å². The van der Waals surface area contributed by atoms with Crippen molar-refractivity contribution in [2.24, 2.45) is 7.05 Å². The maximum atomic E-state index is 13.0. The lowest BCUT2D eigenvalue weighted by Crippen LogP contribution is -2.41. The van der Waals surface area contributed by atoms with Crippen molar-refractivity contribution in [3.8, 4) is 0 Å². The Hall–Kier alpha value is -2.30. The van der Waals surface area contributed by atoms with Crippen molar-refractivity contribution in [1.82, 2.24) is 9.47 Å². The van der Waals surface area contributed by atoms with Crippen LogP contribution >= 0.6 is 11.6 Å². The molecule has 0 saturated carbocycles. The van der Waals surface area contributed by atoms with Gasteiger partial charge < -0.3 is 14.2 Å². The lowest BCUT2D eigenvalue weighted by atomic mass is 9.88. The van der Waals surface area contributed by atoms with Gasteiger partial charge in [0, 0.05) is 54.6 Å². The Kier molecular flexibility index (Phi) is 5.19. The fourth-order valence-corrected chi connectivity index (χ4v) is 4.00. The third kappa shape index (κ3) is 3.73. The predicted octanol–water partition coefficient (Wildman–Crippen LogP) is 4.21. The number of morpholine rings is 1. The molecule has 1 fully saturated rings. The van der Waals surface area contributed by atoms with Crippen LogP contribution in [0.3, 0.4) is 0 Å². The third-order valence-electron chi connectivity index (χ3n) is 5.32. The molecule has 1 saturated heterocycles. The van der Waals surface area contributed by atoms with Gasteiger partial charge in [-0.25, -0.2) is 0 Å². The van der Waals surface area contributed by atoms with E-state index in [-0.39, 0.29) is 11.8 Å². The Morgan fingerprint density at radius 1 is 1.11 bits per heavy atom. The average molecular weight is 383 g/mol. The van der Waals surface area contributed by atoms with Crippen molar-refractivity contribution in [2.75, 3.05) is 26.3 Å². The fraction of sp³-hybridized carbons (Fsp3) is 0.318. The molecule has 0 N–H and O–H groups in total. The smallest absolute Gasteiger partial charge is 0.223 e. The second-order valence-electron chi connectivity index (χ2n) is 7.01. The van der Waals surface area contributed by atoms with E-state index in [1.54, 1.807) is 0 Å². The molecule has 1 aliphatic rings. The van der Waals surface area contributed by atoms with E-state index in [4.69, 9.17) is 16.3 Å². The van der Waals surface area contributed by atoms with Crippen LogP contribution in [-0.2, 0) is 16.6 Å². The highest BCUT2D eigenvalue weighted by molar-refractivity contribution is 6.30. The average Bonchev–Trinajstić information content (AvgIpc) is 3.04. The van der Waals surface area contributed by atoms with Crippen LogP contribution in [0, 0.1) is 0 Å². The minimum Gasteiger partial charge on any atom is -0.378 e. The van der Waals surface area contributed by atoms with Crippen LogP contribution < -0.4 is 0 Å². The summed E-state index contributed by atoms with van der Waals surface area (Å²) in [4.78, 5) is 14.9. The van der Waals surface area contributed by atoms with Gasteiger partial charge in [-0.2, -0.15) is 0 Å². The summed E-state index contributed by atoms with van der Waals surface area (Å²) in [6.45, 7) is 2.57. The minimum atomic E-state index is -0.0105. The van der Waals surface area contributed by atoms with Gasteiger partial charge in [0.15, 0.2) is 0 Å². The van der Waals surface area contributed by atoms with Gasteiger partial charge in [0.05, 0.1) is 13.2 Å². The van der Waals surface area contributed by atoms with Crippen LogP contribution in [0.15, 0.2) is 54.7 Å². The fourth-order valence-electron chi connectivity index (χ4n) is 3.87. The lowest BCUT2D eigenvalue weighted by molar-refractivity contribution is -0.135. The van der Waals surface area contributed by atoms with E-state index in [0.717, 1.165) is 5.56 Å². The number of hydrogen-bond acceptors (Lipinski definition) is 2. The van der Waals surface area contributed by atoms with Gasteiger partial charge in [0.1, 0.15) is 0 Å². The summed E-state index contributed by atoms with van der Waals surface area (Å²) < 4.78 is 7.52. The maximum absolute atomic E-state index is 13.0. The summed E-state index contributed by atoms with van der Waals surface area (Å²) in [7, 11) is 2.05. The van der Waals surface area contributed by atoms with E-state index in [1.807, 2.05) is 35.2 Å². The normalized spacial score (nSPS) is 15.9. The molecule has 1 aromatic heterocycles. The van der Waals surface area contributed by atoms with E-state index in [2.05, 4.69) is 36.0 Å². The topological polar surface area (TPSA) is 34.5 Å². The molecule has 0 spiro atoms. The number of carbonyl (C=O) groups is 1. The molecule has 27 heavy (non-hydrogen) atoms. The SMILES string of the molecule is Cn1cc(C(CC(=O)N2CCOCC2)c2ccc(Cl)cc2)c2ccccc21. The number of amides is 1. The molecule has 4 rings (SSSR count). The lowest BCUT2D eigenvalue weighted by Gasteiger charge is -2.28. The van der Waals surface area contributed by atoms with E-state index in [1.165, 1.54) is 16.5 Å². The first-order chi connectivity index (χ1) is 13.1. The van der Waals surface area contributed by atoms with Crippen molar-refractivity contribution in [1.29, 1.82) is 0 Å². The first kappa shape index (κ1) is 18.1. The van der Waals surface area contributed by atoms with Crippen LogP contribution in [0.1, 0.15) is 23.5 Å². The molecule has 2 heterocycles. The molecule has 1 unspecified atom stereocenters. The molecular weight excluding hydrogens is 360 g/mol. The van der Waals surface area contributed by atoms with Crippen LogP contribution in [0.4, 0.5) is 0 Å². The molecule has 0 radical (unpaired) electrons. The summed E-state index contributed by atoms with van der Waals surface area (Å²) in [6, 6.07) is 16.2. The van der Waals surface area contributed by atoms with Crippen molar-refractivity contribution in [3.05, 3.63) is 70.9 Å². The zero-order valence-corrected chi connectivity index (χ0v) is 16.2. The first-order valence-electron chi connectivity index (χ1n) is 9.28. The van der Waals surface area contributed by atoms with Gasteiger partial charge in [0.25, 0.3) is 0 Å². The van der Waals surface area contributed by atoms with Gasteiger partial charge in [-0.3, -0.25) is 4.79 Å². The van der Waals surface area contributed by atoms with Gasteiger partial charge in [-0.05, 0) is 29.3 Å². The third-order valence-corrected chi connectivity index (χ3v) is 5.57. The summed E-state index contributed by atoms with van der Waals surface area (Å²) >= 11 is 6.10. The summed E-state index contributed by atoms with van der Waals surface area (Å²) in [5.74, 6) is 0.162. The molecule has 1 atom stereocenters. The molecule has 4 nitrogen and oxygen atoms in total. The van der Waals surface area contributed by atoms with E-state index in [9.17, 15) is 4.79 Å². The number of halogens is 1. The molecule has 3 aromatic rings. The molecule has 140 valence electrons. The number of ether oxygens (including phenoxy) is 1. The number of aromatic nitrogens is 1. The number of hydrogen-bond donors (Lipinski definition) is 0. The number of nitrogens with zero attached hydrogens (tertiary/aromatic N) is 2. The van der Waals surface area contributed by atoms with Crippen molar-refractivity contribution in [2.45, 2.75) is 12.3 Å². The largest absolute Gasteiger partial charge is 0.378 e. The van der Waals surface area contributed by atoms with Gasteiger partial charge >= 0.3 is 0 Å². The van der Waals surface area contributed by atoms with Crippen LogP contribution in [0.2, 0.25) is 5.02 Å². The summed E-state index contributed by atoms with van der Waals surface area (Å²) in [6.07, 6.45) is 2.59. The Morgan fingerprint density at radius 2 is 1.81 bits per heavy atom. The number of para-hydroxylation sites is 1. The highest BCUT2D eigenvalue weighted by Gasteiger charge is 2.25. The molecule has 1 amide bonds. The van der Waals surface area contributed by atoms with Crippen LogP contribution in [0.5, 0.6) is 0 Å². The second-order valence-corrected chi connectivity index (χ2v) is 7.45. The molecule has 0 bridgehead atoms. The highest BCUT2D eigenvalue weighted by atomic mass is 35.5.